The second kappa shape index (κ2) is 11.4. The van der Waals surface area contributed by atoms with E-state index in [1.54, 1.807) is 26.0 Å². The molecule has 3 atom stereocenters. The van der Waals surface area contributed by atoms with Gasteiger partial charge >= 0.3 is 0 Å². The first-order chi connectivity index (χ1) is 17.4. The minimum Gasteiger partial charge on any atom is -0.382 e. The van der Waals surface area contributed by atoms with Gasteiger partial charge in [-0.15, -0.1) is 0 Å². The molecular formula is C22H22N10O4. The van der Waals surface area contributed by atoms with Crippen LogP contribution in [-0.4, -0.2) is 84.2 Å². The van der Waals surface area contributed by atoms with Crippen LogP contribution in [0.5, 0.6) is 0 Å². The summed E-state index contributed by atoms with van der Waals surface area (Å²) in [6.45, 7) is 4.17. The maximum Gasteiger partial charge on any atom is 0.209 e. The molecule has 0 aliphatic carbocycles. The van der Waals surface area contributed by atoms with E-state index in [2.05, 4.69) is 31.0 Å². The van der Waals surface area contributed by atoms with E-state index in [4.69, 9.17) is 18.9 Å². The highest BCUT2D eigenvalue weighted by Crippen LogP contribution is 2.41. The van der Waals surface area contributed by atoms with Crippen LogP contribution in [0, 0.1) is 45.3 Å². The highest BCUT2D eigenvalue weighted by atomic mass is 16.5. The Morgan fingerprint density at radius 1 is 0.806 bits per heavy atom. The van der Waals surface area contributed by atoms with E-state index >= 15 is 0 Å². The summed E-state index contributed by atoms with van der Waals surface area (Å²) in [6.07, 6.45) is -1.73. The molecule has 3 heterocycles. The van der Waals surface area contributed by atoms with Crippen LogP contribution in [0.1, 0.15) is 25.2 Å². The topological polar surface area (TPSA) is 199 Å². The number of nitriles is 4. The summed E-state index contributed by atoms with van der Waals surface area (Å²) in [5.41, 5.74) is -2.50. The van der Waals surface area contributed by atoms with Crippen molar-refractivity contribution in [1.29, 1.82) is 21.0 Å². The molecule has 14 nitrogen and oxygen atoms in total. The lowest BCUT2D eigenvalue weighted by Crippen LogP contribution is -2.65. The van der Waals surface area contributed by atoms with Gasteiger partial charge in [-0.1, -0.05) is 0 Å². The molecule has 0 saturated carbocycles. The number of fused-ring (bicyclic) bond motifs is 2. The number of anilines is 1. The molecule has 184 valence electrons. The largest absolute Gasteiger partial charge is 0.382 e. The molecule has 0 fully saturated rings. The number of nitrogens with zero attached hydrogens (tertiary/aromatic N) is 10. The number of aromatic nitrogens is 4. The highest BCUT2D eigenvalue weighted by Gasteiger charge is 2.54. The van der Waals surface area contributed by atoms with Gasteiger partial charge in [-0.2, -0.15) is 21.0 Å². The molecule has 2 aromatic heterocycles. The van der Waals surface area contributed by atoms with Crippen LogP contribution in [0.2, 0.25) is 0 Å². The maximum absolute atomic E-state index is 10.5. The maximum atomic E-state index is 10.5. The molecule has 1 aliphatic heterocycles. The molecule has 0 spiro atoms. The Balaban J connectivity index is 2.28. The van der Waals surface area contributed by atoms with Gasteiger partial charge in [-0.25, -0.2) is 24.9 Å². The van der Waals surface area contributed by atoms with Crippen LogP contribution in [-0.2, 0) is 18.9 Å². The molecule has 0 radical (unpaired) electrons. The van der Waals surface area contributed by atoms with Crippen molar-refractivity contribution in [1.82, 2.24) is 19.9 Å². The van der Waals surface area contributed by atoms with Gasteiger partial charge in [0.2, 0.25) is 16.8 Å². The van der Waals surface area contributed by atoms with Crippen molar-refractivity contribution in [3.63, 3.8) is 0 Å². The van der Waals surface area contributed by atoms with Crippen LogP contribution >= 0.6 is 0 Å². The lowest BCUT2D eigenvalue weighted by atomic mass is 9.85. The first-order valence-corrected chi connectivity index (χ1v) is 10.7. The molecule has 2 aromatic rings. The molecule has 36 heavy (non-hydrogen) atoms. The van der Waals surface area contributed by atoms with E-state index in [-0.39, 0.29) is 66.5 Å². The third-order valence-corrected chi connectivity index (χ3v) is 5.41. The van der Waals surface area contributed by atoms with E-state index < -0.39 is 17.9 Å². The molecule has 1 aliphatic rings. The number of hydrogen-bond donors (Lipinski definition) is 0. The fourth-order valence-corrected chi connectivity index (χ4v) is 3.69. The predicted molar refractivity (Wildman–Crippen MR) is 123 cm³/mol. The molecule has 14 heteroatoms. The SMILES string of the molecule is COCCOC(C)N1c2nc3nc(C#N)c(C#N)nc3nc2N=C(C#N)C1(C#N)C(C)OCCOC. The predicted octanol–water partition coefficient (Wildman–Crippen LogP) is 0.902. The van der Waals surface area contributed by atoms with Crippen molar-refractivity contribution < 1.29 is 18.9 Å². The van der Waals surface area contributed by atoms with Crippen molar-refractivity contribution >= 4 is 28.6 Å². The number of aliphatic imine (C=N–C) groups is 1. The summed E-state index contributed by atoms with van der Waals surface area (Å²) in [4.78, 5) is 22.8. The van der Waals surface area contributed by atoms with Gasteiger partial charge in [0.05, 0.1) is 32.5 Å². The van der Waals surface area contributed by atoms with Crippen LogP contribution in [0.15, 0.2) is 4.99 Å². The first-order valence-electron chi connectivity index (χ1n) is 10.7. The third-order valence-electron chi connectivity index (χ3n) is 5.41. The fraction of sp³-hybridized carbons (Fsp3) is 0.500. The lowest BCUT2D eigenvalue weighted by Gasteiger charge is -2.46. The first kappa shape index (κ1) is 26.3. The number of rotatable bonds is 10. The Labute approximate surface area is 207 Å². The Morgan fingerprint density at radius 3 is 1.92 bits per heavy atom. The highest BCUT2D eigenvalue weighted by molar-refractivity contribution is 6.14. The van der Waals surface area contributed by atoms with E-state index in [0.29, 0.717) is 0 Å². The molecule has 0 N–H and O–H groups in total. The Hall–Kier alpha value is -4.31. The number of hydrogen-bond acceptors (Lipinski definition) is 14. The number of ether oxygens (including phenoxy) is 4. The van der Waals surface area contributed by atoms with Crippen molar-refractivity contribution in [3.05, 3.63) is 11.4 Å². The van der Waals surface area contributed by atoms with Crippen molar-refractivity contribution in [3.8, 4) is 24.3 Å². The summed E-state index contributed by atoms with van der Waals surface area (Å²) in [7, 11) is 3.04. The van der Waals surface area contributed by atoms with Crippen LogP contribution in [0.25, 0.3) is 11.3 Å². The Morgan fingerprint density at radius 2 is 1.39 bits per heavy atom. The second-order valence-corrected chi connectivity index (χ2v) is 7.45. The van der Waals surface area contributed by atoms with Crippen molar-refractivity contribution in [2.75, 3.05) is 45.5 Å². The second-order valence-electron chi connectivity index (χ2n) is 7.45. The number of methoxy groups -OCH3 is 2. The minimum absolute atomic E-state index is 0.0286. The summed E-state index contributed by atoms with van der Waals surface area (Å²) >= 11 is 0. The third kappa shape index (κ3) is 4.63. The molecule has 0 saturated heterocycles. The average Bonchev–Trinajstić information content (AvgIpc) is 2.89. The fourth-order valence-electron chi connectivity index (χ4n) is 3.69. The molecule has 3 rings (SSSR count). The zero-order chi connectivity index (χ0) is 26.3. The van der Waals surface area contributed by atoms with Gasteiger partial charge in [-0.3, -0.25) is 0 Å². The van der Waals surface area contributed by atoms with Crippen molar-refractivity contribution in [2.24, 2.45) is 4.99 Å². The van der Waals surface area contributed by atoms with Gasteiger partial charge in [0.15, 0.2) is 28.7 Å². The summed E-state index contributed by atoms with van der Waals surface area (Å²) in [6, 6.07) is 7.79. The van der Waals surface area contributed by atoms with Gasteiger partial charge < -0.3 is 23.8 Å². The van der Waals surface area contributed by atoms with E-state index in [0.717, 1.165) is 0 Å². The zero-order valence-electron chi connectivity index (χ0n) is 20.1. The van der Waals surface area contributed by atoms with Crippen LogP contribution in [0.4, 0.5) is 11.6 Å². The summed E-state index contributed by atoms with van der Waals surface area (Å²) in [5, 5.41) is 39.1. The van der Waals surface area contributed by atoms with Crippen LogP contribution < -0.4 is 4.90 Å². The van der Waals surface area contributed by atoms with Crippen LogP contribution in [0.3, 0.4) is 0 Å². The quantitative estimate of drug-likeness (QED) is 0.426. The van der Waals surface area contributed by atoms with Gasteiger partial charge in [-0.05, 0) is 13.8 Å². The minimum atomic E-state index is -1.76. The zero-order valence-corrected chi connectivity index (χ0v) is 20.1. The molecule has 0 bridgehead atoms. The standard InChI is InChI=1S/C22H22N10O4/c1-13(35-7-5-33-3)22(12-26)17(11-25)29-20-21(32(22)14(2)36-8-6-34-4)31-19-18(30-20)27-15(9-23)16(10-24)28-19/h13-14H,5-8H2,1-4H3. The normalized spacial score (nSPS) is 18.2. The van der Waals surface area contributed by atoms with Crippen molar-refractivity contribution in [2.45, 2.75) is 31.7 Å². The molecule has 3 unspecified atom stereocenters. The van der Waals surface area contributed by atoms with E-state index in [9.17, 15) is 21.0 Å². The van der Waals surface area contributed by atoms with Gasteiger partial charge in [0, 0.05) is 14.2 Å². The van der Waals surface area contributed by atoms with E-state index in [1.165, 1.54) is 19.1 Å². The lowest BCUT2D eigenvalue weighted by molar-refractivity contribution is -0.0138. The average molecular weight is 490 g/mol. The Bertz CT molecular complexity index is 1340. The smallest absolute Gasteiger partial charge is 0.209 e. The summed E-state index contributed by atoms with van der Waals surface area (Å²) < 4.78 is 21.9. The Kier molecular flexibility index (Phi) is 8.34. The monoisotopic (exact) mass is 490 g/mol. The van der Waals surface area contributed by atoms with Gasteiger partial charge in [0.25, 0.3) is 0 Å². The molecule has 0 amide bonds. The molecule has 0 aromatic carbocycles. The van der Waals surface area contributed by atoms with Gasteiger partial charge in [0.1, 0.15) is 30.5 Å². The summed E-state index contributed by atoms with van der Waals surface area (Å²) in [5.74, 6) is 0.0390. The van der Waals surface area contributed by atoms with E-state index in [1.807, 2.05) is 6.07 Å². The molecular weight excluding hydrogens is 468 g/mol.